The molecule has 0 spiro atoms. The number of hydrogen-bond donors (Lipinski definition) is 0. The Morgan fingerprint density at radius 1 is 1.11 bits per heavy atom. The molecule has 6 heteroatoms. The highest BCUT2D eigenvalue weighted by atomic mass is 35.5. The Hall–Kier alpha value is -3.05. The van der Waals surface area contributed by atoms with Gasteiger partial charge in [-0.15, -0.1) is 0 Å². The molecule has 0 aliphatic carbocycles. The van der Waals surface area contributed by atoms with Crippen LogP contribution in [0.25, 0.3) is 0 Å². The molecule has 0 N–H and O–H groups in total. The van der Waals surface area contributed by atoms with E-state index in [1.807, 2.05) is 57.2 Å². The van der Waals surface area contributed by atoms with Crippen LogP contribution in [0.5, 0.6) is 5.75 Å². The minimum absolute atomic E-state index is 0.161. The second kappa shape index (κ2) is 10.9. The molecule has 1 aliphatic heterocycles. The Labute approximate surface area is 219 Å². The number of fused-ring (bicyclic) bond motifs is 1. The van der Waals surface area contributed by atoms with Crippen molar-refractivity contribution in [2.24, 2.45) is 0 Å². The molecule has 0 radical (unpaired) electrons. The normalized spacial score (nSPS) is 13.8. The maximum Gasteiger partial charge on any atom is 0.307 e. The van der Waals surface area contributed by atoms with Crippen LogP contribution >= 0.6 is 11.6 Å². The van der Waals surface area contributed by atoms with E-state index in [2.05, 4.69) is 43.0 Å². The predicted octanol–water partition coefficient (Wildman–Crippen LogP) is 6.95. The number of ether oxygens (including phenoxy) is 2. The molecule has 0 fully saturated rings. The lowest BCUT2D eigenvalue weighted by molar-refractivity contribution is -0.155. The molecule has 0 unspecified atom stereocenters. The van der Waals surface area contributed by atoms with Crippen molar-refractivity contribution in [2.75, 3.05) is 11.5 Å². The van der Waals surface area contributed by atoms with Crippen molar-refractivity contribution in [3.05, 3.63) is 88.1 Å². The topological polar surface area (TPSA) is 51.7 Å². The van der Waals surface area contributed by atoms with Crippen molar-refractivity contribution >= 4 is 23.4 Å². The third-order valence-corrected chi connectivity index (χ3v) is 6.57. The predicted molar refractivity (Wildman–Crippen MR) is 145 cm³/mol. The van der Waals surface area contributed by atoms with Crippen molar-refractivity contribution in [3.8, 4) is 5.75 Å². The summed E-state index contributed by atoms with van der Waals surface area (Å²) in [6.45, 7) is 11.3. The Morgan fingerprint density at radius 3 is 2.53 bits per heavy atom. The van der Waals surface area contributed by atoms with Gasteiger partial charge in [-0.25, -0.2) is 4.98 Å². The van der Waals surface area contributed by atoms with E-state index in [0.717, 1.165) is 35.7 Å². The van der Waals surface area contributed by atoms with Crippen LogP contribution in [0.1, 0.15) is 69.2 Å². The van der Waals surface area contributed by atoms with E-state index in [1.165, 1.54) is 11.1 Å². The molecule has 190 valence electrons. The maximum absolute atomic E-state index is 12.9. The van der Waals surface area contributed by atoms with E-state index in [9.17, 15) is 4.79 Å². The van der Waals surface area contributed by atoms with Gasteiger partial charge in [-0.2, -0.15) is 0 Å². The van der Waals surface area contributed by atoms with Gasteiger partial charge in [0, 0.05) is 24.9 Å². The first-order valence-electron chi connectivity index (χ1n) is 12.5. The highest BCUT2D eigenvalue weighted by molar-refractivity contribution is 6.30. The summed E-state index contributed by atoms with van der Waals surface area (Å²) in [7, 11) is 0. The molecule has 2 aromatic carbocycles. The fourth-order valence-corrected chi connectivity index (χ4v) is 4.80. The van der Waals surface area contributed by atoms with Crippen molar-refractivity contribution < 1.29 is 14.3 Å². The summed E-state index contributed by atoms with van der Waals surface area (Å²) in [6, 6.07) is 20.7. The monoisotopic (exact) mass is 506 g/mol. The van der Waals surface area contributed by atoms with Crippen LogP contribution in [0, 0.1) is 0 Å². The molecule has 0 bridgehead atoms. The van der Waals surface area contributed by atoms with Crippen molar-refractivity contribution in [1.29, 1.82) is 0 Å². The molecule has 1 atom stereocenters. The van der Waals surface area contributed by atoms with E-state index in [1.54, 1.807) is 0 Å². The maximum atomic E-state index is 12.9. The highest BCUT2D eigenvalue weighted by Gasteiger charge is 2.27. The summed E-state index contributed by atoms with van der Waals surface area (Å²) in [6.07, 6.45) is 1.06. The lowest BCUT2D eigenvalue weighted by Crippen LogP contribution is -2.31. The van der Waals surface area contributed by atoms with Crippen LogP contribution in [0.4, 0.5) is 5.82 Å². The van der Waals surface area contributed by atoms with Crippen LogP contribution in [0.3, 0.4) is 0 Å². The zero-order valence-electron chi connectivity index (χ0n) is 21.8. The van der Waals surface area contributed by atoms with E-state index in [4.69, 9.17) is 26.1 Å². The SMILES string of the molecule is CC(C)N(Cc1ccccc1)c1ccc([C@@H](CC(=O)OC(C)(C)C)c2ccc3c(c2)OCC3)c(Cl)n1. The van der Waals surface area contributed by atoms with E-state index in [-0.39, 0.29) is 24.3 Å². The summed E-state index contributed by atoms with van der Waals surface area (Å²) < 4.78 is 11.5. The molecular weight excluding hydrogens is 472 g/mol. The Balaban J connectivity index is 1.67. The van der Waals surface area contributed by atoms with Crippen molar-refractivity contribution in [3.63, 3.8) is 0 Å². The molecule has 2 heterocycles. The summed E-state index contributed by atoms with van der Waals surface area (Å²) >= 11 is 6.84. The summed E-state index contributed by atoms with van der Waals surface area (Å²) in [5.74, 6) is 1.10. The number of carbonyl (C=O) groups is 1. The lowest BCUT2D eigenvalue weighted by atomic mass is 9.88. The third kappa shape index (κ3) is 6.38. The zero-order chi connectivity index (χ0) is 25.9. The van der Waals surface area contributed by atoms with Crippen molar-refractivity contribution in [2.45, 2.75) is 71.6 Å². The van der Waals surface area contributed by atoms with Gasteiger partial charge in [-0.3, -0.25) is 4.79 Å². The first-order valence-corrected chi connectivity index (χ1v) is 12.9. The highest BCUT2D eigenvalue weighted by Crippen LogP contribution is 2.38. The second-order valence-corrected chi connectivity index (χ2v) is 10.9. The largest absolute Gasteiger partial charge is 0.493 e. The van der Waals surface area contributed by atoms with Crippen LogP contribution in [0.2, 0.25) is 5.15 Å². The smallest absolute Gasteiger partial charge is 0.307 e. The number of carbonyl (C=O) groups excluding carboxylic acids is 1. The number of aromatic nitrogens is 1. The summed E-state index contributed by atoms with van der Waals surface area (Å²) in [5.41, 5.74) is 3.58. The molecule has 5 nitrogen and oxygen atoms in total. The first-order chi connectivity index (χ1) is 17.1. The molecule has 0 amide bonds. The number of hydrogen-bond acceptors (Lipinski definition) is 5. The number of esters is 1. The molecule has 3 aromatic rings. The van der Waals surface area contributed by atoms with Gasteiger partial charge in [0.1, 0.15) is 22.3 Å². The quantitative estimate of drug-likeness (QED) is 0.244. The van der Waals surface area contributed by atoms with E-state index < -0.39 is 5.60 Å². The number of halogens is 1. The van der Waals surface area contributed by atoms with E-state index >= 15 is 0 Å². The van der Waals surface area contributed by atoms with Gasteiger partial charge >= 0.3 is 5.97 Å². The van der Waals surface area contributed by atoms with Gasteiger partial charge in [0.15, 0.2) is 0 Å². The van der Waals surface area contributed by atoms with Crippen molar-refractivity contribution in [1.82, 2.24) is 4.98 Å². The van der Waals surface area contributed by atoms with Gasteiger partial charge in [-0.05, 0) is 69.0 Å². The lowest BCUT2D eigenvalue weighted by Gasteiger charge is -2.29. The molecule has 1 aliphatic rings. The Morgan fingerprint density at radius 2 is 1.86 bits per heavy atom. The standard InChI is InChI=1S/C30H35ClN2O3/c1-20(2)33(19-21-9-7-6-8-10-21)27-14-13-24(29(31)32-27)25(18-28(34)36-30(3,4)5)23-12-11-22-15-16-35-26(22)17-23/h6-14,17,20,25H,15-16,18-19H2,1-5H3/t25-/m0/s1. The van der Waals surface area contributed by atoms with Crippen LogP contribution in [0.15, 0.2) is 60.7 Å². The summed E-state index contributed by atoms with van der Waals surface area (Å²) in [4.78, 5) is 19.9. The Bertz CT molecular complexity index is 1200. The molecule has 0 saturated carbocycles. The Kier molecular flexibility index (Phi) is 7.89. The van der Waals surface area contributed by atoms with Crippen LogP contribution < -0.4 is 9.64 Å². The fraction of sp³-hybridized carbons (Fsp3) is 0.400. The first kappa shape index (κ1) is 26.0. The number of rotatable bonds is 8. The van der Waals surface area contributed by atoms with E-state index in [0.29, 0.717) is 11.8 Å². The number of nitrogens with zero attached hydrogens (tertiary/aromatic N) is 2. The van der Waals surface area contributed by atoms with Crippen LogP contribution in [-0.4, -0.2) is 29.2 Å². The number of benzene rings is 2. The minimum atomic E-state index is -0.566. The van der Waals surface area contributed by atoms with Gasteiger partial charge in [0.25, 0.3) is 0 Å². The van der Waals surface area contributed by atoms with Gasteiger partial charge in [-0.1, -0.05) is 60.1 Å². The third-order valence-electron chi connectivity index (χ3n) is 6.27. The average Bonchev–Trinajstić information content (AvgIpc) is 3.28. The number of pyridine rings is 1. The van der Waals surface area contributed by atoms with Gasteiger partial charge < -0.3 is 14.4 Å². The average molecular weight is 507 g/mol. The second-order valence-electron chi connectivity index (χ2n) is 10.6. The molecule has 1 aromatic heterocycles. The molecular formula is C30H35ClN2O3. The molecule has 0 saturated heterocycles. The molecule has 36 heavy (non-hydrogen) atoms. The summed E-state index contributed by atoms with van der Waals surface area (Å²) in [5, 5.41) is 0.390. The van der Waals surface area contributed by atoms with Crippen LogP contribution in [-0.2, 0) is 22.5 Å². The van der Waals surface area contributed by atoms with Gasteiger partial charge in [0.05, 0.1) is 13.0 Å². The number of anilines is 1. The molecule has 4 rings (SSSR count). The zero-order valence-corrected chi connectivity index (χ0v) is 22.5. The minimum Gasteiger partial charge on any atom is -0.493 e. The fourth-order valence-electron chi connectivity index (χ4n) is 4.52. The van der Waals surface area contributed by atoms with Gasteiger partial charge in [0.2, 0.25) is 0 Å².